The topological polar surface area (TPSA) is 60.0 Å². The summed E-state index contributed by atoms with van der Waals surface area (Å²) in [6, 6.07) is 0.358. The van der Waals surface area contributed by atoms with Crippen molar-refractivity contribution in [3.8, 4) is 0 Å². The maximum atomic E-state index is 5.70. The molecule has 100 valence electrons. The van der Waals surface area contributed by atoms with Crippen LogP contribution in [0, 0.1) is 5.92 Å². The molecule has 2 heterocycles. The van der Waals surface area contributed by atoms with E-state index in [0.717, 1.165) is 38.3 Å². The number of piperidine rings is 1. The van der Waals surface area contributed by atoms with Crippen LogP contribution in [0.4, 0.5) is 0 Å². The first kappa shape index (κ1) is 13.4. The Hall–Kier alpha value is -1.01. The number of aromatic nitrogens is 3. The van der Waals surface area contributed by atoms with Crippen LogP contribution >= 0.6 is 12.2 Å². The highest BCUT2D eigenvalue weighted by atomic mass is 32.1. The summed E-state index contributed by atoms with van der Waals surface area (Å²) in [5.74, 6) is 1.46. The molecular formula is C12H21N5S. The van der Waals surface area contributed by atoms with E-state index < -0.39 is 0 Å². The van der Waals surface area contributed by atoms with Crippen molar-refractivity contribution in [2.24, 2.45) is 11.7 Å². The Morgan fingerprint density at radius 2 is 2.17 bits per heavy atom. The molecule has 0 aliphatic carbocycles. The lowest BCUT2D eigenvalue weighted by molar-refractivity contribution is 0.193. The van der Waals surface area contributed by atoms with Crippen LogP contribution in [0.1, 0.15) is 38.6 Å². The summed E-state index contributed by atoms with van der Waals surface area (Å²) < 4.78 is 1.99. The van der Waals surface area contributed by atoms with E-state index in [1.165, 1.54) is 0 Å². The number of nitrogens with two attached hydrogens (primary N) is 1. The van der Waals surface area contributed by atoms with Crippen molar-refractivity contribution < 1.29 is 0 Å². The number of likely N-dealkylation sites (tertiary alicyclic amines) is 1. The van der Waals surface area contributed by atoms with Gasteiger partial charge >= 0.3 is 0 Å². The normalized spacial score (nSPS) is 18.4. The van der Waals surface area contributed by atoms with Crippen molar-refractivity contribution in [1.82, 2.24) is 19.7 Å². The lowest BCUT2D eigenvalue weighted by Gasteiger charge is -2.31. The van der Waals surface area contributed by atoms with E-state index in [9.17, 15) is 0 Å². The van der Waals surface area contributed by atoms with Gasteiger partial charge in [0.1, 0.15) is 12.2 Å². The van der Waals surface area contributed by atoms with E-state index >= 15 is 0 Å². The van der Waals surface area contributed by atoms with Crippen LogP contribution in [0.5, 0.6) is 0 Å². The second-order valence-corrected chi connectivity index (χ2v) is 5.64. The van der Waals surface area contributed by atoms with Gasteiger partial charge in [-0.15, -0.1) is 0 Å². The molecule has 0 spiro atoms. The molecule has 0 saturated carbocycles. The smallest absolute Gasteiger partial charge is 0.141 e. The van der Waals surface area contributed by atoms with Gasteiger partial charge in [0.05, 0.1) is 11.5 Å². The van der Waals surface area contributed by atoms with Gasteiger partial charge in [0.2, 0.25) is 0 Å². The van der Waals surface area contributed by atoms with Crippen LogP contribution < -0.4 is 5.73 Å². The average Bonchev–Trinajstić information content (AvgIpc) is 2.78. The minimum atomic E-state index is 0.358. The summed E-state index contributed by atoms with van der Waals surface area (Å²) in [4.78, 5) is 7.41. The quantitative estimate of drug-likeness (QED) is 0.835. The zero-order valence-electron chi connectivity index (χ0n) is 11.0. The molecule has 1 aromatic rings. The summed E-state index contributed by atoms with van der Waals surface area (Å²) in [6.45, 7) is 7.18. The molecule has 2 N–H and O–H groups in total. The monoisotopic (exact) mass is 267 g/mol. The lowest BCUT2D eigenvalue weighted by atomic mass is 9.97. The maximum Gasteiger partial charge on any atom is 0.141 e. The van der Waals surface area contributed by atoms with E-state index in [1.807, 2.05) is 4.68 Å². The number of nitrogens with zero attached hydrogens (tertiary/aromatic N) is 4. The van der Waals surface area contributed by atoms with E-state index in [-0.39, 0.29) is 0 Å². The predicted molar refractivity (Wildman–Crippen MR) is 75.2 cm³/mol. The minimum Gasteiger partial charge on any atom is -0.393 e. The third-order valence-electron chi connectivity index (χ3n) is 3.49. The van der Waals surface area contributed by atoms with Gasteiger partial charge in [0.15, 0.2) is 0 Å². The maximum absolute atomic E-state index is 5.70. The standard InChI is InChI=1S/C12H21N5S/c1-9(2)17-11(14-8-15-17)7-16-5-3-10(4-6-16)12(13)18/h8-10H,3-7H2,1-2H3,(H2,13,18). The number of rotatable bonds is 4. The minimum absolute atomic E-state index is 0.358. The first-order valence-corrected chi connectivity index (χ1v) is 6.88. The SMILES string of the molecule is CC(C)n1ncnc1CN1CCC(C(N)=S)CC1. The van der Waals surface area contributed by atoms with E-state index in [1.54, 1.807) is 6.33 Å². The van der Waals surface area contributed by atoms with Crippen molar-refractivity contribution in [3.05, 3.63) is 12.2 Å². The van der Waals surface area contributed by atoms with Crippen molar-refractivity contribution in [2.75, 3.05) is 13.1 Å². The third-order valence-corrected chi connectivity index (χ3v) is 3.82. The highest BCUT2D eigenvalue weighted by Crippen LogP contribution is 2.19. The molecule has 2 rings (SSSR count). The predicted octanol–water partition coefficient (Wildman–Crippen LogP) is 1.36. The van der Waals surface area contributed by atoms with Crippen molar-refractivity contribution in [1.29, 1.82) is 0 Å². The second kappa shape index (κ2) is 5.75. The van der Waals surface area contributed by atoms with Crippen molar-refractivity contribution in [2.45, 2.75) is 39.3 Å². The molecule has 0 unspecified atom stereocenters. The van der Waals surface area contributed by atoms with Gasteiger partial charge in [-0.2, -0.15) is 5.10 Å². The molecule has 1 fully saturated rings. The number of hydrogen-bond acceptors (Lipinski definition) is 4. The Bertz CT molecular complexity index is 406. The molecule has 0 amide bonds. The van der Waals surface area contributed by atoms with Crippen molar-refractivity contribution >= 4 is 17.2 Å². The fourth-order valence-electron chi connectivity index (χ4n) is 2.39. The van der Waals surface area contributed by atoms with Crippen LogP contribution in [0.25, 0.3) is 0 Å². The number of thiocarbonyl (C=S) groups is 1. The molecule has 0 aromatic carbocycles. The molecule has 5 nitrogen and oxygen atoms in total. The summed E-state index contributed by atoms with van der Waals surface area (Å²) in [6.07, 6.45) is 3.76. The van der Waals surface area contributed by atoms with Gasteiger partial charge in [0, 0.05) is 12.0 Å². The summed E-state index contributed by atoms with van der Waals surface area (Å²) >= 11 is 5.06. The molecule has 0 bridgehead atoms. The average molecular weight is 267 g/mol. The fourth-order valence-corrected chi connectivity index (χ4v) is 2.63. The Balaban J connectivity index is 1.91. The molecule has 1 aliphatic rings. The molecule has 1 saturated heterocycles. The van der Waals surface area contributed by atoms with Crippen molar-refractivity contribution in [3.63, 3.8) is 0 Å². The molecule has 18 heavy (non-hydrogen) atoms. The van der Waals surface area contributed by atoms with Gasteiger partial charge in [0.25, 0.3) is 0 Å². The van der Waals surface area contributed by atoms with Crippen LogP contribution in [0.2, 0.25) is 0 Å². The molecule has 1 aromatic heterocycles. The Morgan fingerprint density at radius 3 is 2.72 bits per heavy atom. The Labute approximate surface area is 113 Å². The van der Waals surface area contributed by atoms with Gasteiger partial charge in [-0.25, -0.2) is 9.67 Å². The zero-order chi connectivity index (χ0) is 13.1. The fraction of sp³-hybridized carbons (Fsp3) is 0.750. The highest BCUT2D eigenvalue weighted by molar-refractivity contribution is 7.80. The van der Waals surface area contributed by atoms with E-state index in [4.69, 9.17) is 18.0 Å². The summed E-state index contributed by atoms with van der Waals surface area (Å²) in [5, 5.41) is 4.26. The third kappa shape index (κ3) is 3.05. The lowest BCUT2D eigenvalue weighted by Crippen LogP contribution is -2.38. The summed E-state index contributed by atoms with van der Waals surface area (Å²) in [5.41, 5.74) is 5.70. The Kier molecular flexibility index (Phi) is 4.29. The van der Waals surface area contributed by atoms with Crippen LogP contribution in [-0.2, 0) is 6.54 Å². The molecule has 0 radical (unpaired) electrons. The zero-order valence-corrected chi connectivity index (χ0v) is 11.9. The Morgan fingerprint density at radius 1 is 1.50 bits per heavy atom. The van der Waals surface area contributed by atoms with Gasteiger partial charge in [-0.05, 0) is 39.8 Å². The number of hydrogen-bond donors (Lipinski definition) is 1. The van der Waals surface area contributed by atoms with E-state index in [2.05, 4.69) is 28.8 Å². The molecule has 6 heteroatoms. The molecular weight excluding hydrogens is 246 g/mol. The van der Waals surface area contributed by atoms with Gasteiger partial charge in [-0.3, -0.25) is 4.90 Å². The van der Waals surface area contributed by atoms with Crippen LogP contribution in [0.3, 0.4) is 0 Å². The molecule has 0 atom stereocenters. The molecule has 1 aliphatic heterocycles. The van der Waals surface area contributed by atoms with Gasteiger partial charge in [-0.1, -0.05) is 12.2 Å². The first-order valence-electron chi connectivity index (χ1n) is 6.48. The van der Waals surface area contributed by atoms with E-state index in [0.29, 0.717) is 16.9 Å². The highest BCUT2D eigenvalue weighted by Gasteiger charge is 2.22. The van der Waals surface area contributed by atoms with Gasteiger partial charge < -0.3 is 5.73 Å². The first-order chi connectivity index (χ1) is 8.58. The second-order valence-electron chi connectivity index (χ2n) is 5.17. The van der Waals surface area contributed by atoms with Crippen LogP contribution in [-0.4, -0.2) is 37.7 Å². The van der Waals surface area contributed by atoms with Crippen LogP contribution in [0.15, 0.2) is 6.33 Å². The summed E-state index contributed by atoms with van der Waals surface area (Å²) in [7, 11) is 0. The largest absolute Gasteiger partial charge is 0.393 e.